The molecule has 0 fully saturated rings. The third-order valence-corrected chi connectivity index (χ3v) is 2.85. The largest absolute Gasteiger partial charge is 0.488 e. The van der Waals surface area contributed by atoms with Crippen molar-refractivity contribution in [2.24, 2.45) is 0 Å². The molecule has 2 aromatic carbocycles. The first-order valence-corrected chi connectivity index (χ1v) is 6.64. The van der Waals surface area contributed by atoms with Crippen molar-refractivity contribution >= 4 is 17.3 Å². The van der Waals surface area contributed by atoms with Crippen molar-refractivity contribution in [3.8, 4) is 17.2 Å². The molecule has 0 saturated carbocycles. The van der Waals surface area contributed by atoms with Gasteiger partial charge in [-0.25, -0.2) is 8.78 Å². The maximum Gasteiger partial charge on any atom is 0.184 e. The van der Waals surface area contributed by atoms with Gasteiger partial charge in [-0.15, -0.1) is 0 Å². The Kier molecular flexibility index (Phi) is 4.53. The minimum atomic E-state index is -0.714. The van der Waals surface area contributed by atoms with Gasteiger partial charge in [-0.1, -0.05) is 17.7 Å². The van der Waals surface area contributed by atoms with Gasteiger partial charge >= 0.3 is 0 Å². The molecule has 21 heavy (non-hydrogen) atoms. The standard InChI is InChI=1S/C15H14ClF2NO2/c1-8(2)20-13-7-14(11(19)6-10(13)17)21-12-5-3-4-9(16)15(12)18/h3-8H,19H2,1-2H3. The van der Waals surface area contributed by atoms with Crippen molar-refractivity contribution in [2.45, 2.75) is 20.0 Å². The topological polar surface area (TPSA) is 44.5 Å². The van der Waals surface area contributed by atoms with E-state index < -0.39 is 11.6 Å². The molecule has 0 aliphatic heterocycles. The molecule has 3 nitrogen and oxygen atoms in total. The predicted molar refractivity (Wildman–Crippen MR) is 78.1 cm³/mol. The van der Waals surface area contributed by atoms with Crippen LogP contribution in [-0.4, -0.2) is 6.10 Å². The lowest BCUT2D eigenvalue weighted by atomic mass is 10.2. The molecule has 0 aliphatic carbocycles. The van der Waals surface area contributed by atoms with Crippen LogP contribution in [0.2, 0.25) is 5.02 Å². The van der Waals surface area contributed by atoms with Crippen LogP contribution in [0.1, 0.15) is 13.8 Å². The van der Waals surface area contributed by atoms with Gasteiger partial charge in [0, 0.05) is 12.1 Å². The van der Waals surface area contributed by atoms with Gasteiger partial charge in [0.25, 0.3) is 0 Å². The van der Waals surface area contributed by atoms with Crippen molar-refractivity contribution in [3.63, 3.8) is 0 Å². The van der Waals surface area contributed by atoms with Gasteiger partial charge in [0.15, 0.2) is 28.9 Å². The average molecular weight is 314 g/mol. The lowest BCUT2D eigenvalue weighted by Crippen LogP contribution is -2.07. The van der Waals surface area contributed by atoms with E-state index in [9.17, 15) is 8.78 Å². The number of hydrogen-bond donors (Lipinski definition) is 1. The molecule has 0 atom stereocenters. The zero-order chi connectivity index (χ0) is 15.6. The Morgan fingerprint density at radius 1 is 1.10 bits per heavy atom. The molecule has 0 aliphatic rings. The first-order valence-electron chi connectivity index (χ1n) is 6.26. The van der Waals surface area contributed by atoms with Crippen molar-refractivity contribution in [1.82, 2.24) is 0 Å². The number of nitrogens with two attached hydrogens (primary N) is 1. The second-order valence-corrected chi connectivity index (χ2v) is 5.05. The second-order valence-electron chi connectivity index (χ2n) is 4.64. The molecule has 0 saturated heterocycles. The molecule has 112 valence electrons. The van der Waals surface area contributed by atoms with E-state index >= 15 is 0 Å². The fourth-order valence-electron chi connectivity index (χ4n) is 1.66. The van der Waals surface area contributed by atoms with Gasteiger partial charge in [-0.05, 0) is 26.0 Å². The summed E-state index contributed by atoms with van der Waals surface area (Å²) in [5.41, 5.74) is 5.71. The third-order valence-electron chi connectivity index (χ3n) is 2.56. The van der Waals surface area contributed by atoms with E-state index in [1.54, 1.807) is 13.8 Å². The molecule has 0 bridgehead atoms. The van der Waals surface area contributed by atoms with E-state index in [-0.39, 0.29) is 34.1 Å². The number of benzene rings is 2. The summed E-state index contributed by atoms with van der Waals surface area (Å²) in [7, 11) is 0. The van der Waals surface area contributed by atoms with E-state index in [0.29, 0.717) is 0 Å². The maximum absolute atomic E-state index is 13.8. The Morgan fingerprint density at radius 3 is 2.48 bits per heavy atom. The summed E-state index contributed by atoms with van der Waals surface area (Å²) in [6, 6.07) is 6.67. The minimum absolute atomic E-state index is 0.0170. The number of halogens is 3. The Hall–Kier alpha value is -2.01. The van der Waals surface area contributed by atoms with Crippen LogP contribution in [0.3, 0.4) is 0 Å². The fourth-order valence-corrected chi connectivity index (χ4v) is 1.83. The van der Waals surface area contributed by atoms with Gasteiger partial charge < -0.3 is 15.2 Å². The highest BCUT2D eigenvalue weighted by Gasteiger charge is 2.15. The van der Waals surface area contributed by atoms with Crippen LogP contribution in [0.25, 0.3) is 0 Å². The first kappa shape index (κ1) is 15.4. The molecule has 0 spiro atoms. The van der Waals surface area contributed by atoms with Crippen molar-refractivity contribution in [3.05, 3.63) is 47.0 Å². The van der Waals surface area contributed by atoms with E-state index in [4.69, 9.17) is 26.8 Å². The van der Waals surface area contributed by atoms with E-state index in [1.165, 1.54) is 24.3 Å². The first-order chi connectivity index (χ1) is 9.88. The van der Waals surface area contributed by atoms with Crippen LogP contribution >= 0.6 is 11.6 Å². The third kappa shape index (κ3) is 3.55. The molecular weight excluding hydrogens is 300 g/mol. The quantitative estimate of drug-likeness (QED) is 0.826. The molecule has 2 rings (SSSR count). The average Bonchev–Trinajstić information content (AvgIpc) is 2.40. The SMILES string of the molecule is CC(C)Oc1cc(Oc2cccc(Cl)c2F)c(N)cc1F. The number of rotatable bonds is 4. The molecule has 0 amide bonds. The Bertz CT molecular complexity index is 662. The highest BCUT2D eigenvalue weighted by Crippen LogP contribution is 2.36. The summed E-state index contributed by atoms with van der Waals surface area (Å²) in [4.78, 5) is 0. The highest BCUT2D eigenvalue weighted by atomic mass is 35.5. The van der Waals surface area contributed by atoms with E-state index in [0.717, 1.165) is 6.07 Å². The lowest BCUT2D eigenvalue weighted by Gasteiger charge is -2.14. The van der Waals surface area contributed by atoms with Crippen LogP contribution in [0.15, 0.2) is 30.3 Å². The Balaban J connectivity index is 2.37. The highest BCUT2D eigenvalue weighted by molar-refractivity contribution is 6.30. The van der Waals surface area contributed by atoms with Gasteiger partial charge in [-0.3, -0.25) is 0 Å². The van der Waals surface area contributed by atoms with E-state index in [2.05, 4.69) is 0 Å². The summed E-state index contributed by atoms with van der Waals surface area (Å²) in [5, 5.41) is -0.0770. The molecule has 2 N–H and O–H groups in total. The zero-order valence-corrected chi connectivity index (χ0v) is 12.2. The monoisotopic (exact) mass is 313 g/mol. The minimum Gasteiger partial charge on any atom is -0.488 e. The Morgan fingerprint density at radius 2 is 1.81 bits per heavy atom. The van der Waals surface area contributed by atoms with Crippen LogP contribution < -0.4 is 15.2 Å². The molecule has 0 radical (unpaired) electrons. The van der Waals surface area contributed by atoms with Crippen molar-refractivity contribution < 1.29 is 18.3 Å². The van der Waals surface area contributed by atoms with Crippen molar-refractivity contribution in [2.75, 3.05) is 5.73 Å². The van der Waals surface area contributed by atoms with Crippen LogP contribution in [-0.2, 0) is 0 Å². The Labute approximate surface area is 126 Å². The smallest absolute Gasteiger partial charge is 0.184 e. The number of anilines is 1. The molecule has 0 unspecified atom stereocenters. The van der Waals surface area contributed by atoms with E-state index in [1.807, 2.05) is 0 Å². The molecular formula is C15H14ClF2NO2. The summed E-state index contributed by atoms with van der Waals surface area (Å²) in [6.45, 7) is 3.51. The van der Waals surface area contributed by atoms with Crippen LogP contribution in [0.5, 0.6) is 17.2 Å². The normalized spacial score (nSPS) is 10.8. The van der Waals surface area contributed by atoms with Gasteiger partial charge in [0.2, 0.25) is 0 Å². The summed E-state index contributed by atoms with van der Waals surface area (Å²) < 4.78 is 38.2. The van der Waals surface area contributed by atoms with Crippen LogP contribution in [0.4, 0.5) is 14.5 Å². The summed E-state index contributed by atoms with van der Waals surface area (Å²) in [6.07, 6.45) is -0.223. The molecule has 0 heterocycles. The molecule has 6 heteroatoms. The maximum atomic E-state index is 13.8. The number of hydrogen-bond acceptors (Lipinski definition) is 3. The fraction of sp³-hybridized carbons (Fsp3) is 0.200. The lowest BCUT2D eigenvalue weighted by molar-refractivity contribution is 0.230. The zero-order valence-electron chi connectivity index (χ0n) is 11.5. The van der Waals surface area contributed by atoms with Gasteiger partial charge in [-0.2, -0.15) is 0 Å². The van der Waals surface area contributed by atoms with Gasteiger partial charge in [0.1, 0.15) is 0 Å². The van der Waals surface area contributed by atoms with Gasteiger partial charge in [0.05, 0.1) is 16.8 Å². The second kappa shape index (κ2) is 6.18. The number of ether oxygens (including phenoxy) is 2. The summed E-state index contributed by atoms with van der Waals surface area (Å²) >= 11 is 5.67. The van der Waals surface area contributed by atoms with Crippen LogP contribution in [0, 0.1) is 11.6 Å². The predicted octanol–water partition coefficient (Wildman–Crippen LogP) is 4.78. The molecule has 2 aromatic rings. The summed E-state index contributed by atoms with van der Waals surface area (Å²) in [5.74, 6) is -1.35. The van der Waals surface area contributed by atoms with Crippen molar-refractivity contribution in [1.29, 1.82) is 0 Å². The number of nitrogen functional groups attached to an aromatic ring is 1. The molecule has 0 aromatic heterocycles.